The Hall–Kier alpha value is -0.680. The molecule has 0 saturated heterocycles. The molecule has 1 aliphatic carbocycles. The summed E-state index contributed by atoms with van der Waals surface area (Å²) in [5, 5.41) is 1.61. The number of carbonyl (C=O) groups excluding carboxylic acids is 1. The van der Waals surface area contributed by atoms with Gasteiger partial charge >= 0.3 is 0 Å². The molecule has 0 amide bonds. The Labute approximate surface area is 119 Å². The van der Waals surface area contributed by atoms with E-state index in [4.69, 9.17) is 0 Å². The second-order valence-electron chi connectivity index (χ2n) is 5.31. The molecule has 1 aromatic rings. The van der Waals surface area contributed by atoms with E-state index in [-0.39, 0.29) is 17.0 Å². The van der Waals surface area contributed by atoms with Gasteiger partial charge in [-0.1, -0.05) is 13.3 Å². The van der Waals surface area contributed by atoms with Crippen molar-refractivity contribution in [2.24, 2.45) is 5.92 Å². The highest BCUT2D eigenvalue weighted by Crippen LogP contribution is 2.33. The minimum absolute atomic E-state index is 0.113. The second-order valence-corrected chi connectivity index (χ2v) is 8.55. The third-order valence-corrected chi connectivity index (χ3v) is 6.56. The molecule has 1 aliphatic rings. The van der Waals surface area contributed by atoms with E-state index in [1.807, 2.05) is 18.4 Å². The summed E-state index contributed by atoms with van der Waals surface area (Å²) in [6.07, 6.45) is 5.00. The van der Waals surface area contributed by atoms with E-state index in [1.54, 1.807) is 0 Å². The molecular weight excluding hydrogens is 280 g/mol. The molecule has 19 heavy (non-hydrogen) atoms. The first-order valence-electron chi connectivity index (χ1n) is 6.73. The first kappa shape index (κ1) is 14.7. The summed E-state index contributed by atoms with van der Waals surface area (Å²) in [6.45, 7) is 2.04. The van der Waals surface area contributed by atoms with Gasteiger partial charge < -0.3 is 0 Å². The fourth-order valence-electron chi connectivity index (χ4n) is 2.79. The number of thiophene rings is 1. The molecule has 2 rings (SSSR count). The van der Waals surface area contributed by atoms with Crippen molar-refractivity contribution in [1.82, 2.24) is 0 Å². The third-order valence-electron chi connectivity index (χ3n) is 3.95. The Morgan fingerprint density at radius 2 is 2.16 bits per heavy atom. The molecule has 5 heteroatoms. The minimum atomic E-state index is -3.03. The summed E-state index contributed by atoms with van der Waals surface area (Å²) in [4.78, 5) is 13.4. The highest BCUT2D eigenvalue weighted by molar-refractivity contribution is 7.91. The zero-order valence-electron chi connectivity index (χ0n) is 11.4. The van der Waals surface area contributed by atoms with Gasteiger partial charge in [-0.25, -0.2) is 8.42 Å². The molecule has 0 aromatic carbocycles. The predicted octanol–water partition coefficient (Wildman–Crippen LogP) is 3.10. The lowest BCUT2D eigenvalue weighted by atomic mass is 9.84. The maximum absolute atomic E-state index is 12.5. The number of aryl methyl sites for hydroxylation is 1. The Morgan fingerprint density at radius 3 is 2.79 bits per heavy atom. The van der Waals surface area contributed by atoms with E-state index in [1.165, 1.54) is 17.6 Å². The molecule has 0 bridgehead atoms. The van der Waals surface area contributed by atoms with E-state index in [2.05, 4.69) is 0 Å². The van der Waals surface area contributed by atoms with Crippen LogP contribution in [0, 0.1) is 5.92 Å². The maximum atomic E-state index is 12.5. The molecule has 2 unspecified atom stereocenters. The van der Waals surface area contributed by atoms with Gasteiger partial charge in [-0.3, -0.25) is 4.79 Å². The van der Waals surface area contributed by atoms with Gasteiger partial charge in [0.2, 0.25) is 0 Å². The average molecular weight is 300 g/mol. The van der Waals surface area contributed by atoms with Crippen LogP contribution >= 0.6 is 11.3 Å². The summed E-state index contributed by atoms with van der Waals surface area (Å²) in [5.74, 6) is 0.0395. The molecule has 1 fully saturated rings. The van der Waals surface area contributed by atoms with Crippen LogP contribution in [0.5, 0.6) is 0 Å². The normalized spacial score (nSPS) is 24.3. The van der Waals surface area contributed by atoms with Crippen LogP contribution in [0.4, 0.5) is 0 Å². The lowest BCUT2D eigenvalue weighted by Crippen LogP contribution is -2.31. The van der Waals surface area contributed by atoms with Crippen molar-refractivity contribution in [2.75, 3.05) is 6.26 Å². The van der Waals surface area contributed by atoms with E-state index >= 15 is 0 Å². The van der Waals surface area contributed by atoms with Crippen molar-refractivity contribution >= 4 is 27.0 Å². The number of sulfone groups is 1. The van der Waals surface area contributed by atoms with Crippen LogP contribution in [-0.4, -0.2) is 25.7 Å². The zero-order chi connectivity index (χ0) is 14.0. The summed E-state index contributed by atoms with van der Waals surface area (Å²) in [5.41, 5.74) is 1.09. The molecule has 3 nitrogen and oxygen atoms in total. The van der Waals surface area contributed by atoms with Gasteiger partial charge in [0.05, 0.1) is 10.1 Å². The van der Waals surface area contributed by atoms with Crippen molar-refractivity contribution < 1.29 is 13.2 Å². The Kier molecular flexibility index (Phi) is 4.46. The SMILES string of the molecule is CCc1ccsc1C(=O)C1CCCC(S(C)(=O)=O)C1. The van der Waals surface area contributed by atoms with E-state index in [0.717, 1.165) is 29.7 Å². The lowest BCUT2D eigenvalue weighted by Gasteiger charge is -2.26. The van der Waals surface area contributed by atoms with E-state index < -0.39 is 9.84 Å². The molecule has 1 saturated carbocycles. The molecule has 106 valence electrons. The third kappa shape index (κ3) is 3.26. The van der Waals surface area contributed by atoms with E-state index in [9.17, 15) is 13.2 Å². The van der Waals surface area contributed by atoms with Gasteiger partial charge in [0.25, 0.3) is 0 Å². The van der Waals surface area contributed by atoms with Crippen LogP contribution in [-0.2, 0) is 16.3 Å². The van der Waals surface area contributed by atoms with Crippen LogP contribution in [0.25, 0.3) is 0 Å². The molecule has 0 aliphatic heterocycles. The lowest BCUT2D eigenvalue weighted by molar-refractivity contribution is 0.0894. The zero-order valence-corrected chi connectivity index (χ0v) is 13.0. The van der Waals surface area contributed by atoms with Crippen LogP contribution in [0.1, 0.15) is 47.8 Å². The molecule has 0 N–H and O–H groups in total. The highest BCUT2D eigenvalue weighted by Gasteiger charge is 2.33. The van der Waals surface area contributed by atoms with Crippen LogP contribution in [0.15, 0.2) is 11.4 Å². The van der Waals surface area contributed by atoms with Gasteiger partial charge in [-0.2, -0.15) is 0 Å². The fourth-order valence-corrected chi connectivity index (χ4v) is 4.98. The minimum Gasteiger partial charge on any atom is -0.293 e. The van der Waals surface area contributed by atoms with Crippen molar-refractivity contribution in [2.45, 2.75) is 44.3 Å². The van der Waals surface area contributed by atoms with Crippen LogP contribution < -0.4 is 0 Å². The number of carbonyl (C=O) groups is 1. The van der Waals surface area contributed by atoms with Crippen molar-refractivity contribution in [1.29, 1.82) is 0 Å². The van der Waals surface area contributed by atoms with Gasteiger partial charge in [0, 0.05) is 12.2 Å². The summed E-state index contributed by atoms with van der Waals surface area (Å²) in [7, 11) is -3.03. The molecule has 1 aromatic heterocycles. The summed E-state index contributed by atoms with van der Waals surface area (Å²) < 4.78 is 23.3. The second kappa shape index (κ2) is 5.75. The number of hydrogen-bond donors (Lipinski definition) is 0. The molecule has 2 atom stereocenters. The first-order valence-corrected chi connectivity index (χ1v) is 9.56. The quantitative estimate of drug-likeness (QED) is 0.803. The summed E-state index contributed by atoms with van der Waals surface area (Å²) >= 11 is 1.49. The molecule has 1 heterocycles. The van der Waals surface area contributed by atoms with Crippen LogP contribution in [0.3, 0.4) is 0 Å². The van der Waals surface area contributed by atoms with Gasteiger partial charge in [0.15, 0.2) is 5.78 Å². The van der Waals surface area contributed by atoms with Crippen molar-refractivity contribution in [3.63, 3.8) is 0 Å². The number of rotatable bonds is 4. The Bertz CT molecular complexity index is 557. The predicted molar refractivity (Wildman–Crippen MR) is 78.6 cm³/mol. The van der Waals surface area contributed by atoms with Crippen molar-refractivity contribution in [3.8, 4) is 0 Å². The topological polar surface area (TPSA) is 51.2 Å². The van der Waals surface area contributed by atoms with Crippen molar-refractivity contribution in [3.05, 3.63) is 21.9 Å². The fraction of sp³-hybridized carbons (Fsp3) is 0.643. The standard InChI is InChI=1S/C14H20O3S2/c1-3-10-7-8-18-14(10)13(15)11-5-4-6-12(9-11)19(2,16)17/h7-8,11-12H,3-6,9H2,1-2H3. The monoisotopic (exact) mass is 300 g/mol. The maximum Gasteiger partial charge on any atom is 0.176 e. The molecule has 0 spiro atoms. The Morgan fingerprint density at radius 1 is 1.42 bits per heavy atom. The van der Waals surface area contributed by atoms with Crippen LogP contribution in [0.2, 0.25) is 0 Å². The van der Waals surface area contributed by atoms with Gasteiger partial charge in [0.1, 0.15) is 9.84 Å². The van der Waals surface area contributed by atoms with E-state index in [0.29, 0.717) is 12.8 Å². The first-order chi connectivity index (χ1) is 8.93. The molecular formula is C14H20O3S2. The van der Waals surface area contributed by atoms with Gasteiger partial charge in [-0.05, 0) is 42.7 Å². The summed E-state index contributed by atoms with van der Waals surface area (Å²) in [6, 6.07) is 1.99. The smallest absolute Gasteiger partial charge is 0.176 e. The molecule has 0 radical (unpaired) electrons. The number of Topliss-reactive ketones (excluding diaryl/α,β-unsaturated/α-hetero) is 1. The van der Waals surface area contributed by atoms with Gasteiger partial charge in [-0.15, -0.1) is 11.3 Å². The number of hydrogen-bond acceptors (Lipinski definition) is 4. The Balaban J connectivity index is 2.16. The highest BCUT2D eigenvalue weighted by atomic mass is 32.2. The number of ketones is 1. The average Bonchev–Trinajstić information content (AvgIpc) is 2.85. The largest absolute Gasteiger partial charge is 0.293 e.